The van der Waals surface area contributed by atoms with E-state index < -0.39 is 29.8 Å². The van der Waals surface area contributed by atoms with Gasteiger partial charge < -0.3 is 9.88 Å². The van der Waals surface area contributed by atoms with E-state index in [0.29, 0.717) is 10.6 Å². The Morgan fingerprint density at radius 2 is 2.17 bits per heavy atom. The first-order chi connectivity index (χ1) is 8.36. The summed E-state index contributed by atoms with van der Waals surface area (Å²) in [6.45, 7) is -0.559. The first-order valence-corrected chi connectivity index (χ1v) is 4.83. The molecular weight excluding hydrogens is 249 g/mol. The third kappa shape index (κ3) is 3.38. The van der Waals surface area contributed by atoms with Crippen molar-refractivity contribution in [1.29, 1.82) is 0 Å². The van der Waals surface area contributed by atoms with Crippen LogP contribution in [0.15, 0.2) is 23.1 Å². The standard InChI is InChI=1S/C11H9F3N2O2/c1-2-5-15-9(17)7-16-6-3-4-8(10(16)18)11(12,13)14/h1,3-4,6H,5,7H2,(H,15,17). The van der Waals surface area contributed by atoms with Gasteiger partial charge in [-0.2, -0.15) is 13.2 Å². The fraction of sp³-hybridized carbons (Fsp3) is 0.273. The van der Waals surface area contributed by atoms with Crippen LogP contribution < -0.4 is 10.9 Å². The second-order valence-electron chi connectivity index (χ2n) is 3.33. The predicted octanol–water partition coefficient (Wildman–Crippen LogP) is 0.616. The van der Waals surface area contributed by atoms with Crippen molar-refractivity contribution < 1.29 is 18.0 Å². The summed E-state index contributed by atoms with van der Waals surface area (Å²) in [5, 5.41) is 2.25. The number of rotatable bonds is 3. The lowest BCUT2D eigenvalue weighted by Crippen LogP contribution is -2.34. The molecular formula is C11H9F3N2O2. The van der Waals surface area contributed by atoms with E-state index in [1.807, 2.05) is 0 Å². The summed E-state index contributed by atoms with van der Waals surface area (Å²) < 4.78 is 38.0. The number of alkyl halides is 3. The van der Waals surface area contributed by atoms with Crippen molar-refractivity contribution in [3.05, 3.63) is 34.2 Å². The van der Waals surface area contributed by atoms with Crippen molar-refractivity contribution in [3.63, 3.8) is 0 Å². The van der Waals surface area contributed by atoms with Crippen molar-refractivity contribution in [3.8, 4) is 12.3 Å². The molecule has 1 rings (SSSR count). The Bertz CT molecular complexity index is 540. The average molecular weight is 258 g/mol. The van der Waals surface area contributed by atoms with Crippen molar-refractivity contribution in [2.45, 2.75) is 12.7 Å². The van der Waals surface area contributed by atoms with Gasteiger partial charge in [0.1, 0.15) is 12.1 Å². The van der Waals surface area contributed by atoms with Gasteiger partial charge in [-0.15, -0.1) is 6.42 Å². The van der Waals surface area contributed by atoms with E-state index in [2.05, 4.69) is 11.2 Å². The molecule has 0 saturated heterocycles. The van der Waals surface area contributed by atoms with Crippen LogP contribution in [0.2, 0.25) is 0 Å². The van der Waals surface area contributed by atoms with Gasteiger partial charge in [0.25, 0.3) is 5.56 Å². The lowest BCUT2D eigenvalue weighted by molar-refractivity contribution is -0.139. The third-order valence-corrected chi connectivity index (χ3v) is 2.03. The highest BCUT2D eigenvalue weighted by Gasteiger charge is 2.34. The maximum absolute atomic E-state index is 12.4. The van der Waals surface area contributed by atoms with Crippen LogP contribution in [0.5, 0.6) is 0 Å². The molecule has 4 nitrogen and oxygen atoms in total. The Morgan fingerprint density at radius 3 is 2.72 bits per heavy atom. The summed E-state index contributed by atoms with van der Waals surface area (Å²) in [6.07, 6.45) is 1.26. The van der Waals surface area contributed by atoms with E-state index in [1.54, 1.807) is 0 Å². The van der Waals surface area contributed by atoms with Crippen molar-refractivity contribution in [1.82, 2.24) is 9.88 Å². The maximum atomic E-state index is 12.4. The quantitative estimate of drug-likeness (QED) is 0.808. The molecule has 0 aliphatic heterocycles. The maximum Gasteiger partial charge on any atom is 0.421 e. The van der Waals surface area contributed by atoms with Gasteiger partial charge in [-0.3, -0.25) is 9.59 Å². The molecule has 0 unspecified atom stereocenters. The Labute approximate surface area is 100 Å². The molecule has 1 aromatic rings. The van der Waals surface area contributed by atoms with Crippen LogP contribution in [0.25, 0.3) is 0 Å². The van der Waals surface area contributed by atoms with Crippen LogP contribution in [0.1, 0.15) is 5.56 Å². The molecule has 1 aromatic heterocycles. The largest absolute Gasteiger partial charge is 0.421 e. The van der Waals surface area contributed by atoms with Crippen molar-refractivity contribution in [2.75, 3.05) is 6.54 Å². The van der Waals surface area contributed by atoms with Crippen LogP contribution in [0.3, 0.4) is 0 Å². The molecule has 1 heterocycles. The van der Waals surface area contributed by atoms with Crippen LogP contribution in [0, 0.1) is 12.3 Å². The summed E-state index contributed by atoms with van der Waals surface area (Å²) in [4.78, 5) is 22.7. The molecule has 1 amide bonds. The van der Waals surface area contributed by atoms with Gasteiger partial charge in [-0.1, -0.05) is 5.92 Å². The number of nitrogens with zero attached hydrogens (tertiary/aromatic N) is 1. The predicted molar refractivity (Wildman–Crippen MR) is 57.5 cm³/mol. The number of terminal acetylenes is 1. The number of carbonyl (C=O) groups is 1. The average Bonchev–Trinajstić information content (AvgIpc) is 2.27. The SMILES string of the molecule is C#CCNC(=O)Cn1cccc(C(F)(F)F)c1=O. The molecule has 0 aliphatic carbocycles. The Morgan fingerprint density at radius 1 is 1.50 bits per heavy atom. The normalized spacial score (nSPS) is 10.8. The summed E-state index contributed by atoms with van der Waals surface area (Å²) in [5.74, 6) is 1.51. The van der Waals surface area contributed by atoms with Crippen LogP contribution in [0.4, 0.5) is 13.2 Å². The van der Waals surface area contributed by atoms with Crippen molar-refractivity contribution >= 4 is 5.91 Å². The van der Waals surface area contributed by atoms with E-state index in [-0.39, 0.29) is 6.54 Å². The number of amides is 1. The number of nitrogens with one attached hydrogen (secondary N) is 1. The molecule has 0 saturated carbocycles. The Kier molecular flexibility index (Phi) is 4.15. The zero-order valence-electron chi connectivity index (χ0n) is 9.12. The van der Waals surface area contributed by atoms with Gasteiger partial charge in [0.2, 0.25) is 5.91 Å². The molecule has 0 atom stereocenters. The molecule has 0 bridgehead atoms. The number of hydrogen-bond acceptors (Lipinski definition) is 2. The monoisotopic (exact) mass is 258 g/mol. The Balaban J connectivity index is 2.96. The molecule has 1 N–H and O–H groups in total. The molecule has 0 fully saturated rings. The molecule has 0 aliphatic rings. The van der Waals surface area contributed by atoms with Crippen molar-refractivity contribution in [2.24, 2.45) is 0 Å². The minimum absolute atomic E-state index is 0.0491. The van der Waals surface area contributed by atoms with E-state index in [4.69, 9.17) is 6.42 Å². The first kappa shape index (κ1) is 13.8. The second-order valence-corrected chi connectivity index (χ2v) is 3.33. The lowest BCUT2D eigenvalue weighted by atomic mass is 10.2. The number of carbonyl (C=O) groups excluding carboxylic acids is 1. The minimum atomic E-state index is -4.74. The smallest absolute Gasteiger partial charge is 0.344 e. The highest BCUT2D eigenvalue weighted by molar-refractivity contribution is 5.75. The zero-order chi connectivity index (χ0) is 13.8. The fourth-order valence-electron chi connectivity index (χ4n) is 1.24. The molecule has 96 valence electrons. The summed E-state index contributed by atoms with van der Waals surface area (Å²) >= 11 is 0. The van der Waals surface area contributed by atoms with Gasteiger partial charge >= 0.3 is 6.18 Å². The summed E-state index contributed by atoms with van der Waals surface area (Å²) in [6, 6.07) is 1.72. The summed E-state index contributed by atoms with van der Waals surface area (Å²) in [7, 11) is 0. The van der Waals surface area contributed by atoms with Crippen LogP contribution in [-0.2, 0) is 17.5 Å². The van der Waals surface area contributed by atoms with E-state index in [1.165, 1.54) is 0 Å². The second kappa shape index (κ2) is 5.40. The highest BCUT2D eigenvalue weighted by Crippen LogP contribution is 2.25. The molecule has 0 aromatic carbocycles. The van der Waals surface area contributed by atoms with E-state index in [0.717, 1.165) is 12.3 Å². The van der Waals surface area contributed by atoms with Crippen LogP contribution in [-0.4, -0.2) is 17.0 Å². The molecule has 0 radical (unpaired) electrons. The lowest BCUT2D eigenvalue weighted by Gasteiger charge is -2.09. The van der Waals surface area contributed by atoms with Gasteiger partial charge in [-0.25, -0.2) is 0 Å². The van der Waals surface area contributed by atoms with Crippen LogP contribution >= 0.6 is 0 Å². The van der Waals surface area contributed by atoms with Gasteiger partial charge in [0.15, 0.2) is 0 Å². The van der Waals surface area contributed by atoms with E-state index >= 15 is 0 Å². The minimum Gasteiger partial charge on any atom is -0.344 e. The number of pyridine rings is 1. The third-order valence-electron chi connectivity index (χ3n) is 2.03. The van der Waals surface area contributed by atoms with Gasteiger partial charge in [-0.05, 0) is 12.1 Å². The number of halogens is 3. The molecule has 7 heteroatoms. The Hall–Kier alpha value is -2.23. The zero-order valence-corrected chi connectivity index (χ0v) is 9.12. The number of aromatic nitrogens is 1. The molecule has 0 spiro atoms. The first-order valence-electron chi connectivity index (χ1n) is 4.83. The number of hydrogen-bond donors (Lipinski definition) is 1. The highest BCUT2D eigenvalue weighted by atomic mass is 19.4. The van der Waals surface area contributed by atoms with E-state index in [9.17, 15) is 22.8 Å². The molecule has 18 heavy (non-hydrogen) atoms. The fourth-order valence-corrected chi connectivity index (χ4v) is 1.24. The van der Waals surface area contributed by atoms with Gasteiger partial charge in [0, 0.05) is 6.20 Å². The van der Waals surface area contributed by atoms with Gasteiger partial charge in [0.05, 0.1) is 6.54 Å². The topological polar surface area (TPSA) is 51.1 Å². The summed E-state index contributed by atoms with van der Waals surface area (Å²) in [5.41, 5.74) is -2.57.